The van der Waals surface area contributed by atoms with Crippen LogP contribution in [0.15, 0.2) is 0 Å². The van der Waals surface area contributed by atoms with E-state index < -0.39 is 0 Å². The van der Waals surface area contributed by atoms with Crippen molar-refractivity contribution in [3.05, 3.63) is 0 Å². The molecule has 2 fully saturated rings. The molecule has 0 atom stereocenters. The summed E-state index contributed by atoms with van der Waals surface area (Å²) in [5.41, 5.74) is 0. The molecule has 17 heavy (non-hydrogen) atoms. The first kappa shape index (κ1) is 15.0. The van der Waals surface area contributed by atoms with Crippen LogP contribution in [0.2, 0.25) is 0 Å². The molecule has 0 aromatic heterocycles. The molecule has 1 saturated heterocycles. The van der Waals surface area contributed by atoms with Crippen LogP contribution in [0.5, 0.6) is 0 Å². The lowest BCUT2D eigenvalue weighted by atomic mass is 9.87. The predicted molar refractivity (Wildman–Crippen MR) is 76.5 cm³/mol. The fraction of sp³-hybridized carbons (Fsp3) is 1.00. The van der Waals surface area contributed by atoms with E-state index in [0.717, 1.165) is 5.92 Å². The molecule has 0 unspecified atom stereocenters. The maximum Gasteiger partial charge on any atom is 0.0110 e. The van der Waals surface area contributed by atoms with Crippen LogP contribution < -0.4 is 0 Å². The highest BCUT2D eigenvalue weighted by Crippen LogP contribution is 2.26. The third-order valence-corrected chi connectivity index (χ3v) is 4.17. The second kappa shape index (κ2) is 8.93. The summed E-state index contributed by atoms with van der Waals surface area (Å²) in [6.07, 6.45) is 8.96. The minimum Gasteiger partial charge on any atom is -0.304 e. The van der Waals surface area contributed by atoms with E-state index in [1.807, 2.05) is 13.8 Å². The van der Waals surface area contributed by atoms with Gasteiger partial charge < -0.3 is 9.80 Å². The highest BCUT2D eigenvalue weighted by molar-refractivity contribution is 4.72. The highest BCUT2D eigenvalue weighted by Gasteiger charge is 2.17. The molecule has 0 amide bonds. The van der Waals surface area contributed by atoms with Crippen LogP contribution >= 0.6 is 0 Å². The van der Waals surface area contributed by atoms with Gasteiger partial charge >= 0.3 is 0 Å². The first-order valence-corrected chi connectivity index (χ1v) is 7.75. The van der Waals surface area contributed by atoms with Crippen molar-refractivity contribution in [1.29, 1.82) is 0 Å². The lowest BCUT2D eigenvalue weighted by molar-refractivity contribution is 0.142. The van der Waals surface area contributed by atoms with Gasteiger partial charge in [-0.15, -0.1) is 0 Å². The molecule has 0 aromatic carbocycles. The molecule has 0 aromatic rings. The third-order valence-electron chi connectivity index (χ3n) is 4.17. The van der Waals surface area contributed by atoms with Crippen LogP contribution in [0.4, 0.5) is 0 Å². The van der Waals surface area contributed by atoms with Gasteiger partial charge in [0.25, 0.3) is 0 Å². The van der Waals surface area contributed by atoms with Crippen molar-refractivity contribution in [2.24, 2.45) is 5.92 Å². The van der Waals surface area contributed by atoms with Gasteiger partial charge in [-0.1, -0.05) is 46.0 Å². The number of nitrogens with zero attached hydrogens (tertiary/aromatic N) is 2. The summed E-state index contributed by atoms with van der Waals surface area (Å²) in [6.45, 7) is 10.5. The van der Waals surface area contributed by atoms with Crippen LogP contribution in [0.3, 0.4) is 0 Å². The molecule has 1 heterocycles. The van der Waals surface area contributed by atoms with E-state index in [4.69, 9.17) is 0 Å². The van der Waals surface area contributed by atoms with Crippen molar-refractivity contribution >= 4 is 0 Å². The Morgan fingerprint density at radius 2 is 1.47 bits per heavy atom. The quantitative estimate of drug-likeness (QED) is 0.747. The number of rotatable bonds is 3. The fourth-order valence-corrected chi connectivity index (χ4v) is 2.91. The zero-order chi connectivity index (χ0) is 12.5. The maximum absolute atomic E-state index is 2.66. The van der Waals surface area contributed by atoms with Crippen molar-refractivity contribution < 1.29 is 0 Å². The molecule has 2 heteroatoms. The molecular formula is C15H32N2. The third kappa shape index (κ3) is 5.87. The zero-order valence-corrected chi connectivity index (χ0v) is 12.2. The van der Waals surface area contributed by atoms with E-state index in [-0.39, 0.29) is 0 Å². The monoisotopic (exact) mass is 240 g/mol. The van der Waals surface area contributed by atoms with Crippen molar-refractivity contribution in [2.75, 3.05) is 39.8 Å². The van der Waals surface area contributed by atoms with Crippen LogP contribution in [0.1, 0.15) is 52.4 Å². The Labute approximate surface area is 108 Å². The predicted octanol–water partition coefficient (Wildman–Crippen LogP) is 3.23. The number of likely N-dealkylation sites (N-methyl/N-ethyl adjacent to an activating group) is 1. The normalized spacial score (nSPS) is 24.2. The van der Waals surface area contributed by atoms with Gasteiger partial charge in [0.15, 0.2) is 0 Å². The molecule has 2 aliphatic rings. The first-order valence-electron chi connectivity index (χ1n) is 7.75. The molecule has 2 rings (SSSR count). The van der Waals surface area contributed by atoms with E-state index in [1.165, 1.54) is 71.2 Å². The van der Waals surface area contributed by atoms with Crippen LogP contribution in [-0.4, -0.2) is 49.6 Å². The van der Waals surface area contributed by atoms with E-state index in [0.29, 0.717) is 0 Å². The van der Waals surface area contributed by atoms with Gasteiger partial charge in [0, 0.05) is 26.2 Å². The van der Waals surface area contributed by atoms with Crippen LogP contribution in [0, 0.1) is 5.92 Å². The molecular weight excluding hydrogens is 208 g/mol. The molecule has 1 aliphatic heterocycles. The minimum atomic E-state index is 1.05. The molecule has 0 radical (unpaired) electrons. The van der Waals surface area contributed by atoms with E-state index in [1.54, 1.807) is 0 Å². The lowest BCUT2D eigenvalue weighted by Gasteiger charge is -2.33. The average molecular weight is 240 g/mol. The van der Waals surface area contributed by atoms with Crippen molar-refractivity contribution in [2.45, 2.75) is 52.4 Å². The Morgan fingerprint density at radius 3 is 2.06 bits per heavy atom. The van der Waals surface area contributed by atoms with Crippen molar-refractivity contribution in [1.82, 2.24) is 9.80 Å². The van der Waals surface area contributed by atoms with Gasteiger partial charge in [-0.2, -0.15) is 0 Å². The second-order valence-electron chi connectivity index (χ2n) is 5.44. The summed E-state index contributed by atoms with van der Waals surface area (Å²) in [5.74, 6) is 1.05. The summed E-state index contributed by atoms with van der Waals surface area (Å²) in [4.78, 5) is 5.10. The SMILES string of the molecule is CC.CN1CCN(CCC2CCCCC2)CC1. The van der Waals surface area contributed by atoms with Crippen molar-refractivity contribution in [3.8, 4) is 0 Å². The average Bonchev–Trinajstić information content (AvgIpc) is 2.42. The molecule has 1 aliphatic carbocycles. The summed E-state index contributed by atoms with van der Waals surface area (Å²) < 4.78 is 0. The van der Waals surface area contributed by atoms with E-state index in [9.17, 15) is 0 Å². The van der Waals surface area contributed by atoms with Gasteiger partial charge in [0.1, 0.15) is 0 Å². The summed E-state index contributed by atoms with van der Waals surface area (Å²) in [6, 6.07) is 0. The second-order valence-corrected chi connectivity index (χ2v) is 5.44. The molecule has 1 saturated carbocycles. The van der Waals surface area contributed by atoms with Gasteiger partial charge in [-0.3, -0.25) is 0 Å². The largest absolute Gasteiger partial charge is 0.304 e. The van der Waals surface area contributed by atoms with Gasteiger partial charge in [0.05, 0.1) is 0 Å². The Kier molecular flexibility index (Phi) is 7.87. The molecule has 0 bridgehead atoms. The molecule has 102 valence electrons. The Morgan fingerprint density at radius 1 is 0.882 bits per heavy atom. The summed E-state index contributed by atoms with van der Waals surface area (Å²) in [5, 5.41) is 0. The number of hydrogen-bond donors (Lipinski definition) is 0. The highest BCUT2D eigenvalue weighted by atomic mass is 15.2. The van der Waals surface area contributed by atoms with Gasteiger partial charge in [0.2, 0.25) is 0 Å². The van der Waals surface area contributed by atoms with Crippen LogP contribution in [-0.2, 0) is 0 Å². The fourth-order valence-electron chi connectivity index (χ4n) is 2.91. The smallest absolute Gasteiger partial charge is 0.0110 e. The Bertz CT molecular complexity index is 168. The Balaban J connectivity index is 0.000000686. The summed E-state index contributed by atoms with van der Waals surface area (Å²) >= 11 is 0. The van der Waals surface area contributed by atoms with Crippen LogP contribution in [0.25, 0.3) is 0 Å². The number of piperazine rings is 1. The zero-order valence-electron chi connectivity index (χ0n) is 12.2. The van der Waals surface area contributed by atoms with E-state index >= 15 is 0 Å². The Hall–Kier alpha value is -0.0800. The first-order chi connectivity index (χ1) is 8.34. The van der Waals surface area contributed by atoms with Crippen molar-refractivity contribution in [3.63, 3.8) is 0 Å². The standard InChI is InChI=1S/C13H26N2.C2H6/c1-14-9-11-15(12-10-14)8-7-13-5-3-2-4-6-13;1-2/h13H,2-12H2,1H3;1-2H3. The van der Waals surface area contributed by atoms with E-state index in [2.05, 4.69) is 16.8 Å². The summed E-state index contributed by atoms with van der Waals surface area (Å²) in [7, 11) is 2.23. The molecule has 2 nitrogen and oxygen atoms in total. The van der Waals surface area contributed by atoms with Gasteiger partial charge in [-0.05, 0) is 25.9 Å². The topological polar surface area (TPSA) is 6.48 Å². The van der Waals surface area contributed by atoms with Gasteiger partial charge in [-0.25, -0.2) is 0 Å². The lowest BCUT2D eigenvalue weighted by Crippen LogP contribution is -2.45. The minimum absolute atomic E-state index is 1.05. The maximum atomic E-state index is 2.66. The molecule has 0 spiro atoms. The molecule has 0 N–H and O–H groups in total. The number of hydrogen-bond acceptors (Lipinski definition) is 2.